The van der Waals surface area contributed by atoms with E-state index in [1.807, 2.05) is 32.0 Å². The highest BCUT2D eigenvalue weighted by Gasteiger charge is 2.24. The van der Waals surface area contributed by atoms with Crippen molar-refractivity contribution in [3.05, 3.63) is 34.9 Å². The minimum absolute atomic E-state index is 0.101. The normalized spacial score (nSPS) is 23.7. The van der Waals surface area contributed by atoms with Crippen LogP contribution in [0.5, 0.6) is 0 Å². The minimum Gasteiger partial charge on any atom is -0.349 e. The molecule has 2 atom stereocenters. The molecule has 1 fully saturated rings. The predicted octanol–water partition coefficient (Wildman–Crippen LogP) is 3.61. The third kappa shape index (κ3) is 2.74. The summed E-state index contributed by atoms with van der Waals surface area (Å²) in [6.45, 7) is 6.26. The summed E-state index contributed by atoms with van der Waals surface area (Å²) >= 11 is 0. The fourth-order valence-electron chi connectivity index (χ4n) is 2.94. The van der Waals surface area contributed by atoms with Crippen molar-refractivity contribution >= 4 is 5.91 Å². The number of amides is 1. The fraction of sp³-hybridized carbons (Fsp3) is 0.562. The minimum atomic E-state index is 0.101. The molecular formula is C16H23NO. The molecule has 2 nitrogen and oxygen atoms in total. The molecule has 18 heavy (non-hydrogen) atoms. The number of benzene rings is 1. The lowest BCUT2D eigenvalue weighted by Crippen LogP contribution is -2.41. The Morgan fingerprint density at radius 2 is 1.78 bits per heavy atom. The van der Waals surface area contributed by atoms with Crippen molar-refractivity contribution in [1.29, 1.82) is 0 Å². The van der Waals surface area contributed by atoms with Crippen molar-refractivity contribution in [3.8, 4) is 0 Å². The van der Waals surface area contributed by atoms with Crippen molar-refractivity contribution < 1.29 is 4.79 Å². The molecule has 0 spiro atoms. The summed E-state index contributed by atoms with van der Waals surface area (Å²) in [6, 6.07) is 6.37. The van der Waals surface area contributed by atoms with Crippen LogP contribution >= 0.6 is 0 Å². The summed E-state index contributed by atoms with van der Waals surface area (Å²) in [5.74, 6) is 0.705. The van der Waals surface area contributed by atoms with Crippen LogP contribution in [-0.4, -0.2) is 11.9 Å². The first-order chi connectivity index (χ1) is 8.59. The van der Waals surface area contributed by atoms with Crippen LogP contribution in [0.3, 0.4) is 0 Å². The van der Waals surface area contributed by atoms with E-state index in [0.717, 1.165) is 23.1 Å². The van der Waals surface area contributed by atoms with E-state index in [-0.39, 0.29) is 5.91 Å². The molecule has 0 radical (unpaired) electrons. The van der Waals surface area contributed by atoms with Gasteiger partial charge in [0.25, 0.3) is 5.91 Å². The van der Waals surface area contributed by atoms with Crippen LogP contribution in [0.25, 0.3) is 0 Å². The quantitative estimate of drug-likeness (QED) is 0.847. The summed E-state index contributed by atoms with van der Waals surface area (Å²) < 4.78 is 0. The molecule has 1 aliphatic carbocycles. The molecule has 2 unspecified atom stereocenters. The van der Waals surface area contributed by atoms with Crippen LogP contribution in [0.4, 0.5) is 0 Å². The van der Waals surface area contributed by atoms with Gasteiger partial charge in [0.05, 0.1) is 0 Å². The van der Waals surface area contributed by atoms with E-state index < -0.39 is 0 Å². The van der Waals surface area contributed by atoms with Gasteiger partial charge in [-0.2, -0.15) is 0 Å². The SMILES string of the molecule is Cc1cccc(C)c1C(=O)NC1CCCCC1C. The molecule has 0 bridgehead atoms. The van der Waals surface area contributed by atoms with Gasteiger partial charge in [-0.15, -0.1) is 0 Å². The molecular weight excluding hydrogens is 222 g/mol. The third-order valence-corrected chi connectivity index (χ3v) is 4.14. The summed E-state index contributed by atoms with van der Waals surface area (Å²) in [5.41, 5.74) is 2.99. The Kier molecular flexibility index (Phi) is 4.05. The van der Waals surface area contributed by atoms with Crippen LogP contribution in [0.2, 0.25) is 0 Å². The second-order valence-corrected chi connectivity index (χ2v) is 5.61. The molecule has 0 heterocycles. The van der Waals surface area contributed by atoms with Crippen LogP contribution in [0.1, 0.15) is 54.1 Å². The van der Waals surface area contributed by atoms with Crippen molar-refractivity contribution in [2.75, 3.05) is 0 Å². The van der Waals surface area contributed by atoms with E-state index in [1.54, 1.807) is 0 Å². The standard InChI is InChI=1S/C16H23NO/c1-11-7-4-5-10-14(11)17-16(18)15-12(2)8-6-9-13(15)3/h6,8-9,11,14H,4-5,7,10H2,1-3H3,(H,17,18). The zero-order valence-corrected chi connectivity index (χ0v) is 11.6. The Labute approximate surface area is 110 Å². The van der Waals surface area contributed by atoms with Crippen molar-refractivity contribution in [3.63, 3.8) is 0 Å². The van der Waals surface area contributed by atoms with Gasteiger partial charge in [-0.3, -0.25) is 4.79 Å². The topological polar surface area (TPSA) is 29.1 Å². The van der Waals surface area contributed by atoms with Gasteiger partial charge in [0.15, 0.2) is 0 Å². The van der Waals surface area contributed by atoms with E-state index in [2.05, 4.69) is 12.2 Å². The number of hydrogen-bond donors (Lipinski definition) is 1. The molecule has 1 aromatic carbocycles. The van der Waals surface area contributed by atoms with E-state index in [1.165, 1.54) is 19.3 Å². The Bertz CT molecular complexity index is 418. The Hall–Kier alpha value is -1.31. The lowest BCUT2D eigenvalue weighted by Gasteiger charge is -2.29. The zero-order valence-electron chi connectivity index (χ0n) is 11.6. The molecule has 0 aromatic heterocycles. The maximum Gasteiger partial charge on any atom is 0.252 e. The molecule has 2 rings (SSSR count). The lowest BCUT2D eigenvalue weighted by molar-refractivity contribution is 0.0909. The zero-order chi connectivity index (χ0) is 13.1. The van der Waals surface area contributed by atoms with Gasteiger partial charge >= 0.3 is 0 Å². The molecule has 1 amide bonds. The highest BCUT2D eigenvalue weighted by atomic mass is 16.1. The number of carbonyl (C=O) groups is 1. The van der Waals surface area contributed by atoms with Crippen molar-refractivity contribution in [1.82, 2.24) is 5.32 Å². The van der Waals surface area contributed by atoms with Gasteiger partial charge in [0, 0.05) is 11.6 Å². The van der Waals surface area contributed by atoms with Crippen molar-refractivity contribution in [2.45, 2.75) is 52.5 Å². The van der Waals surface area contributed by atoms with Gasteiger partial charge in [0.1, 0.15) is 0 Å². The average Bonchev–Trinajstić information content (AvgIpc) is 2.32. The predicted molar refractivity (Wildman–Crippen MR) is 74.8 cm³/mol. The number of rotatable bonds is 2. The van der Waals surface area contributed by atoms with Gasteiger partial charge in [-0.1, -0.05) is 38.0 Å². The number of nitrogens with one attached hydrogen (secondary N) is 1. The average molecular weight is 245 g/mol. The smallest absolute Gasteiger partial charge is 0.252 e. The second-order valence-electron chi connectivity index (χ2n) is 5.61. The van der Waals surface area contributed by atoms with E-state index in [4.69, 9.17) is 0 Å². The van der Waals surface area contributed by atoms with E-state index in [9.17, 15) is 4.79 Å². The molecule has 1 N–H and O–H groups in total. The third-order valence-electron chi connectivity index (χ3n) is 4.14. The number of hydrogen-bond acceptors (Lipinski definition) is 1. The molecule has 2 heteroatoms. The van der Waals surface area contributed by atoms with Crippen LogP contribution < -0.4 is 5.32 Å². The fourth-order valence-corrected chi connectivity index (χ4v) is 2.94. The first kappa shape index (κ1) is 13.1. The molecule has 98 valence electrons. The Morgan fingerprint density at radius 3 is 2.39 bits per heavy atom. The summed E-state index contributed by atoms with van der Waals surface area (Å²) in [6.07, 6.45) is 4.90. The molecule has 0 saturated heterocycles. The maximum absolute atomic E-state index is 12.4. The lowest BCUT2D eigenvalue weighted by atomic mass is 9.85. The molecule has 1 saturated carbocycles. The largest absolute Gasteiger partial charge is 0.349 e. The van der Waals surface area contributed by atoms with E-state index >= 15 is 0 Å². The van der Waals surface area contributed by atoms with Crippen LogP contribution in [0, 0.1) is 19.8 Å². The number of aryl methyl sites for hydroxylation is 2. The van der Waals surface area contributed by atoms with Gasteiger partial charge < -0.3 is 5.32 Å². The monoisotopic (exact) mass is 245 g/mol. The van der Waals surface area contributed by atoms with Gasteiger partial charge in [-0.25, -0.2) is 0 Å². The summed E-state index contributed by atoms with van der Waals surface area (Å²) in [4.78, 5) is 12.4. The first-order valence-electron chi connectivity index (χ1n) is 6.96. The number of carbonyl (C=O) groups excluding carboxylic acids is 1. The van der Waals surface area contributed by atoms with Gasteiger partial charge in [-0.05, 0) is 43.7 Å². The maximum atomic E-state index is 12.4. The molecule has 0 aliphatic heterocycles. The Balaban J connectivity index is 2.12. The second kappa shape index (κ2) is 5.55. The first-order valence-corrected chi connectivity index (χ1v) is 6.96. The molecule has 1 aromatic rings. The summed E-state index contributed by atoms with van der Waals surface area (Å²) in [7, 11) is 0. The molecule has 1 aliphatic rings. The van der Waals surface area contributed by atoms with Crippen LogP contribution in [0.15, 0.2) is 18.2 Å². The van der Waals surface area contributed by atoms with E-state index in [0.29, 0.717) is 12.0 Å². The summed E-state index contributed by atoms with van der Waals surface area (Å²) in [5, 5.41) is 3.23. The highest BCUT2D eigenvalue weighted by molar-refractivity contribution is 5.97. The highest BCUT2D eigenvalue weighted by Crippen LogP contribution is 2.24. The van der Waals surface area contributed by atoms with Crippen molar-refractivity contribution in [2.24, 2.45) is 5.92 Å². The van der Waals surface area contributed by atoms with Crippen LogP contribution in [-0.2, 0) is 0 Å². The Morgan fingerprint density at radius 1 is 1.17 bits per heavy atom. The van der Waals surface area contributed by atoms with Gasteiger partial charge in [0.2, 0.25) is 0 Å².